The summed E-state index contributed by atoms with van der Waals surface area (Å²) in [4.78, 5) is 23.8. The van der Waals surface area contributed by atoms with Crippen molar-refractivity contribution < 1.29 is 14.7 Å². The van der Waals surface area contributed by atoms with Crippen LogP contribution in [0.5, 0.6) is 0 Å². The van der Waals surface area contributed by atoms with Crippen LogP contribution in [0.15, 0.2) is 30.4 Å². The number of nitrogens with one attached hydrogen (secondary N) is 1. The number of allylic oxidation sites excluding steroid dienone is 2. The van der Waals surface area contributed by atoms with E-state index in [1.165, 1.54) is 0 Å². The minimum atomic E-state index is -1.18. The predicted octanol–water partition coefficient (Wildman–Crippen LogP) is 2.12. The number of aliphatic carboxylic acids is 1. The molecule has 4 atom stereocenters. The number of hydrogen-bond acceptors (Lipinski definition) is 3. The van der Waals surface area contributed by atoms with Gasteiger partial charge >= 0.3 is 0 Å². The van der Waals surface area contributed by atoms with Crippen molar-refractivity contribution in [1.29, 1.82) is 0 Å². The molecule has 2 aliphatic carbocycles. The molecular weight excluding hydrogens is 313 g/mol. The van der Waals surface area contributed by atoms with Crippen molar-refractivity contribution >= 4 is 40.8 Å². The van der Waals surface area contributed by atoms with Crippen molar-refractivity contribution in [2.75, 3.05) is 5.32 Å². The quantitative estimate of drug-likeness (QED) is 0.866. The number of amides is 1. The minimum absolute atomic E-state index is 0.0594. The highest BCUT2D eigenvalue weighted by Gasteiger charge is 2.48. The minimum Gasteiger partial charge on any atom is -0.550 e. The molecule has 21 heavy (non-hydrogen) atoms. The molecule has 1 aromatic carbocycles. The first kappa shape index (κ1) is 14.4. The maximum absolute atomic E-state index is 12.4. The Labute approximate surface area is 131 Å². The topological polar surface area (TPSA) is 69.2 Å². The maximum Gasteiger partial charge on any atom is 0.228 e. The standard InChI is InChI=1S/C15H13Cl2NO3/c16-9-3-4-10(17)11(6-9)18-14(19)12-7-1-2-8(5-7)13(12)15(20)21/h1-4,6-8,12-13H,5H2,(H,18,19)(H,20,21)/p-1/t7-,8+,12+,13+/m1/s1. The number of carbonyl (C=O) groups is 2. The van der Waals surface area contributed by atoms with Crippen molar-refractivity contribution in [3.05, 3.63) is 40.4 Å². The lowest BCUT2D eigenvalue weighted by Crippen LogP contribution is -2.42. The molecule has 0 unspecified atom stereocenters. The molecule has 6 heteroatoms. The largest absolute Gasteiger partial charge is 0.550 e. The molecule has 1 N–H and O–H groups in total. The van der Waals surface area contributed by atoms with Gasteiger partial charge in [0.1, 0.15) is 0 Å². The van der Waals surface area contributed by atoms with Gasteiger partial charge in [0, 0.05) is 16.9 Å². The molecule has 1 fully saturated rings. The van der Waals surface area contributed by atoms with E-state index in [2.05, 4.69) is 5.32 Å². The van der Waals surface area contributed by atoms with Gasteiger partial charge in [-0.15, -0.1) is 0 Å². The van der Waals surface area contributed by atoms with E-state index in [-0.39, 0.29) is 17.7 Å². The summed E-state index contributed by atoms with van der Waals surface area (Å²) < 4.78 is 0. The van der Waals surface area contributed by atoms with Crippen molar-refractivity contribution in [3.63, 3.8) is 0 Å². The number of anilines is 1. The van der Waals surface area contributed by atoms with Gasteiger partial charge in [-0.3, -0.25) is 4.79 Å². The Morgan fingerprint density at radius 2 is 1.81 bits per heavy atom. The molecule has 2 bridgehead atoms. The van der Waals surface area contributed by atoms with Gasteiger partial charge in [-0.25, -0.2) is 0 Å². The molecule has 1 amide bonds. The summed E-state index contributed by atoms with van der Waals surface area (Å²) in [6.45, 7) is 0. The third-order valence-corrected chi connectivity index (χ3v) is 4.79. The Hall–Kier alpha value is -1.52. The fourth-order valence-corrected chi connectivity index (χ4v) is 3.65. The highest BCUT2D eigenvalue weighted by molar-refractivity contribution is 6.35. The fraction of sp³-hybridized carbons (Fsp3) is 0.333. The average Bonchev–Trinajstić information content (AvgIpc) is 3.03. The Balaban J connectivity index is 1.83. The molecule has 0 aromatic heterocycles. The van der Waals surface area contributed by atoms with Crippen molar-refractivity contribution in [3.8, 4) is 0 Å². The number of carboxylic acid groups (broad SMARTS) is 1. The Morgan fingerprint density at radius 1 is 1.14 bits per heavy atom. The second kappa shape index (κ2) is 5.35. The summed E-state index contributed by atoms with van der Waals surface area (Å²) in [5, 5.41) is 14.8. The summed E-state index contributed by atoms with van der Waals surface area (Å²) in [5.74, 6) is -3.12. The molecular formula is C15H12Cl2NO3-. The normalized spacial score (nSPS) is 29.6. The number of carbonyl (C=O) groups excluding carboxylic acids is 2. The molecule has 1 aromatic rings. The monoisotopic (exact) mass is 324 g/mol. The van der Waals surface area contributed by atoms with Crippen LogP contribution in [-0.2, 0) is 9.59 Å². The van der Waals surface area contributed by atoms with E-state index < -0.39 is 17.8 Å². The van der Waals surface area contributed by atoms with Crippen LogP contribution in [0.4, 0.5) is 5.69 Å². The Kier molecular flexibility index (Phi) is 3.68. The number of fused-ring (bicyclic) bond motifs is 2. The van der Waals surface area contributed by atoms with Crippen LogP contribution in [0.1, 0.15) is 6.42 Å². The molecule has 3 rings (SSSR count). The summed E-state index contributed by atoms with van der Waals surface area (Å²) in [5.41, 5.74) is 0.387. The van der Waals surface area contributed by atoms with E-state index in [1.54, 1.807) is 18.2 Å². The maximum atomic E-state index is 12.4. The average molecular weight is 325 g/mol. The molecule has 0 saturated heterocycles. The van der Waals surface area contributed by atoms with Crippen molar-refractivity contribution in [2.24, 2.45) is 23.7 Å². The highest BCUT2D eigenvalue weighted by atomic mass is 35.5. The number of rotatable bonds is 3. The lowest BCUT2D eigenvalue weighted by atomic mass is 9.82. The zero-order valence-corrected chi connectivity index (χ0v) is 12.4. The van der Waals surface area contributed by atoms with Gasteiger partial charge in [0.05, 0.1) is 16.6 Å². The predicted molar refractivity (Wildman–Crippen MR) is 77.8 cm³/mol. The third-order valence-electron chi connectivity index (χ3n) is 4.22. The molecule has 0 spiro atoms. The van der Waals surface area contributed by atoms with Crippen molar-refractivity contribution in [1.82, 2.24) is 0 Å². The van der Waals surface area contributed by atoms with Gasteiger partial charge in [-0.2, -0.15) is 0 Å². The second-order valence-corrected chi connectivity index (χ2v) is 6.28. The summed E-state index contributed by atoms with van der Waals surface area (Å²) in [6, 6.07) is 4.74. The molecule has 2 aliphatic rings. The van der Waals surface area contributed by atoms with Crippen LogP contribution < -0.4 is 10.4 Å². The SMILES string of the molecule is O=C(Nc1cc(Cl)ccc1Cl)[C@@H]1[C@@H](C(=O)[O-])[C@H]2C=C[C@@H]1C2. The molecule has 0 radical (unpaired) electrons. The van der Waals surface area contributed by atoms with Gasteiger partial charge in [0.25, 0.3) is 0 Å². The zero-order valence-electron chi connectivity index (χ0n) is 10.9. The first-order chi connectivity index (χ1) is 9.97. The lowest BCUT2D eigenvalue weighted by Gasteiger charge is -2.28. The summed E-state index contributed by atoms with van der Waals surface area (Å²) >= 11 is 11.9. The van der Waals surface area contributed by atoms with Crippen LogP contribution >= 0.6 is 23.2 Å². The van der Waals surface area contributed by atoms with E-state index in [4.69, 9.17) is 23.2 Å². The summed E-state index contributed by atoms with van der Waals surface area (Å²) in [7, 11) is 0. The summed E-state index contributed by atoms with van der Waals surface area (Å²) in [6.07, 6.45) is 4.45. The number of halogens is 2. The Morgan fingerprint density at radius 3 is 2.48 bits per heavy atom. The number of hydrogen-bond donors (Lipinski definition) is 1. The van der Waals surface area contributed by atoms with E-state index in [1.807, 2.05) is 12.2 Å². The smallest absolute Gasteiger partial charge is 0.228 e. The lowest BCUT2D eigenvalue weighted by molar-refractivity contribution is -0.313. The van der Waals surface area contributed by atoms with Gasteiger partial charge in [0.2, 0.25) is 5.91 Å². The highest BCUT2D eigenvalue weighted by Crippen LogP contribution is 2.48. The number of carboxylic acids is 1. The molecule has 4 nitrogen and oxygen atoms in total. The van der Waals surface area contributed by atoms with E-state index in [0.29, 0.717) is 22.2 Å². The van der Waals surface area contributed by atoms with Gasteiger partial charge < -0.3 is 15.2 Å². The number of benzene rings is 1. The van der Waals surface area contributed by atoms with E-state index in [9.17, 15) is 14.7 Å². The fourth-order valence-electron chi connectivity index (χ4n) is 3.31. The molecule has 0 aliphatic heterocycles. The van der Waals surface area contributed by atoms with Crippen molar-refractivity contribution in [2.45, 2.75) is 6.42 Å². The van der Waals surface area contributed by atoms with Gasteiger partial charge in [-0.05, 0) is 36.5 Å². The van der Waals surface area contributed by atoms with E-state index >= 15 is 0 Å². The van der Waals surface area contributed by atoms with Crippen LogP contribution in [-0.4, -0.2) is 11.9 Å². The van der Waals surface area contributed by atoms with Crippen LogP contribution in [0, 0.1) is 23.7 Å². The molecule has 1 saturated carbocycles. The van der Waals surface area contributed by atoms with Crippen LogP contribution in [0.2, 0.25) is 10.0 Å². The zero-order chi connectivity index (χ0) is 15.1. The third kappa shape index (κ3) is 2.54. The van der Waals surface area contributed by atoms with Gasteiger partial charge in [0.15, 0.2) is 0 Å². The Bertz CT molecular complexity index is 644. The molecule has 110 valence electrons. The van der Waals surface area contributed by atoms with Gasteiger partial charge in [-0.1, -0.05) is 35.4 Å². The second-order valence-electron chi connectivity index (χ2n) is 5.43. The van der Waals surface area contributed by atoms with Crippen LogP contribution in [0.3, 0.4) is 0 Å². The molecule has 0 heterocycles. The first-order valence-corrected chi connectivity index (χ1v) is 7.38. The first-order valence-electron chi connectivity index (χ1n) is 6.62. The van der Waals surface area contributed by atoms with E-state index in [0.717, 1.165) is 0 Å². The van der Waals surface area contributed by atoms with Crippen LogP contribution in [0.25, 0.3) is 0 Å².